The number of carbonyl (C=O) groups is 1. The van der Waals surface area contributed by atoms with E-state index in [2.05, 4.69) is 49.0 Å². The zero-order valence-electron chi connectivity index (χ0n) is 16.9. The quantitative estimate of drug-likeness (QED) is 0.739. The molecule has 146 valence electrons. The van der Waals surface area contributed by atoms with E-state index in [0.717, 1.165) is 56.6 Å². The molecule has 2 saturated heterocycles. The fourth-order valence-corrected chi connectivity index (χ4v) is 4.00. The Morgan fingerprint density at radius 2 is 1.69 bits per heavy atom. The summed E-state index contributed by atoms with van der Waals surface area (Å²) in [5, 5.41) is 6.28. The first kappa shape index (κ1) is 20.6. The molecule has 2 N–H and O–H groups in total. The smallest absolute Gasteiger partial charge is 0.321 e. The lowest BCUT2D eigenvalue weighted by molar-refractivity contribution is 0.178. The van der Waals surface area contributed by atoms with Crippen molar-refractivity contribution in [2.24, 2.45) is 11.8 Å². The van der Waals surface area contributed by atoms with Gasteiger partial charge in [0, 0.05) is 43.6 Å². The van der Waals surface area contributed by atoms with Gasteiger partial charge < -0.3 is 20.4 Å². The maximum absolute atomic E-state index is 12.5. The van der Waals surface area contributed by atoms with E-state index in [1.807, 2.05) is 18.0 Å². The predicted octanol–water partition coefficient (Wildman–Crippen LogP) is 3.33. The third-order valence-electron chi connectivity index (χ3n) is 5.53. The Balaban J connectivity index is 1.92. The first-order valence-corrected chi connectivity index (χ1v) is 9.92. The third-order valence-corrected chi connectivity index (χ3v) is 5.53. The zero-order chi connectivity index (χ0) is 19.1. The lowest BCUT2D eigenvalue weighted by Gasteiger charge is -2.37. The van der Waals surface area contributed by atoms with Crippen LogP contribution in [0.5, 0.6) is 0 Å². The molecule has 0 aromatic heterocycles. The molecule has 2 heterocycles. The maximum atomic E-state index is 12.5. The van der Waals surface area contributed by atoms with Crippen molar-refractivity contribution in [3.63, 3.8) is 0 Å². The molecular formula is C21H36N4O. The summed E-state index contributed by atoms with van der Waals surface area (Å²) < 4.78 is 0. The number of amides is 2. The van der Waals surface area contributed by atoms with Crippen molar-refractivity contribution >= 4 is 6.03 Å². The Morgan fingerprint density at radius 3 is 2.23 bits per heavy atom. The molecule has 2 aliphatic rings. The van der Waals surface area contributed by atoms with Gasteiger partial charge in [0.05, 0.1) is 0 Å². The van der Waals surface area contributed by atoms with Crippen molar-refractivity contribution in [2.75, 3.05) is 33.2 Å². The Bertz CT molecular complexity index is 536. The van der Waals surface area contributed by atoms with Crippen LogP contribution in [-0.4, -0.2) is 55.1 Å². The molecule has 2 rings (SSSR count). The summed E-state index contributed by atoms with van der Waals surface area (Å²) in [5.41, 5.74) is 2.00. The number of hydrogen-bond acceptors (Lipinski definition) is 3. The predicted molar refractivity (Wildman–Crippen MR) is 109 cm³/mol. The van der Waals surface area contributed by atoms with Crippen molar-refractivity contribution in [2.45, 2.75) is 46.1 Å². The molecule has 2 atom stereocenters. The van der Waals surface area contributed by atoms with Crippen LogP contribution in [0.15, 0.2) is 36.2 Å². The molecule has 0 saturated carbocycles. The molecule has 0 radical (unpaired) electrons. The normalized spacial score (nSPS) is 26.0. The molecular weight excluding hydrogens is 324 g/mol. The summed E-state index contributed by atoms with van der Waals surface area (Å²) in [6.45, 7) is 14.4. The Kier molecular flexibility index (Phi) is 7.76. The van der Waals surface area contributed by atoms with E-state index in [0.29, 0.717) is 6.04 Å². The highest BCUT2D eigenvalue weighted by atomic mass is 16.2. The van der Waals surface area contributed by atoms with Crippen molar-refractivity contribution in [1.82, 2.24) is 20.4 Å². The summed E-state index contributed by atoms with van der Waals surface area (Å²) in [5.74, 6) is 1.45. The summed E-state index contributed by atoms with van der Waals surface area (Å²) in [4.78, 5) is 16.8. The Morgan fingerprint density at radius 1 is 1.08 bits per heavy atom. The van der Waals surface area contributed by atoms with E-state index < -0.39 is 0 Å². The number of nitrogens with zero attached hydrogens (tertiary/aromatic N) is 2. The number of rotatable bonds is 5. The van der Waals surface area contributed by atoms with Gasteiger partial charge in [0.15, 0.2) is 0 Å². The lowest BCUT2D eigenvalue weighted by atomic mass is 9.91. The van der Waals surface area contributed by atoms with Crippen LogP contribution >= 0.6 is 0 Å². The van der Waals surface area contributed by atoms with Crippen LogP contribution in [0.1, 0.15) is 40.0 Å². The molecule has 2 aliphatic heterocycles. The van der Waals surface area contributed by atoms with E-state index in [1.54, 1.807) is 6.08 Å². The summed E-state index contributed by atoms with van der Waals surface area (Å²) in [6.07, 6.45) is 9.07. The Labute approximate surface area is 159 Å². The highest BCUT2D eigenvalue weighted by Gasteiger charge is 2.22. The van der Waals surface area contributed by atoms with Gasteiger partial charge in [-0.15, -0.1) is 0 Å². The minimum Gasteiger partial charge on any atom is -0.375 e. The fourth-order valence-electron chi connectivity index (χ4n) is 4.00. The number of allylic oxidation sites excluding steroid dienone is 4. The molecule has 0 aliphatic carbocycles. The van der Waals surface area contributed by atoms with Gasteiger partial charge in [0.2, 0.25) is 0 Å². The Hall–Kier alpha value is -1.75. The summed E-state index contributed by atoms with van der Waals surface area (Å²) >= 11 is 0. The third kappa shape index (κ3) is 5.90. The van der Waals surface area contributed by atoms with Gasteiger partial charge in [-0.1, -0.05) is 20.4 Å². The first-order chi connectivity index (χ1) is 12.4. The molecule has 0 aromatic carbocycles. The standard InChI is InChI=1S/C21H36N4O/c1-6-19(23-21(26)24-11-9-20(22-5)10-12-24)8-7-18(4)25-14-16(2)13-17(3)15-25/h6-8,16-17,20,22H,1,9-15H2,2-5H3,(H,23,26)/b18-7+,19-8+. The van der Waals surface area contributed by atoms with Crippen molar-refractivity contribution in [3.05, 3.63) is 36.2 Å². The number of urea groups is 1. The highest BCUT2D eigenvalue weighted by molar-refractivity contribution is 5.76. The van der Waals surface area contributed by atoms with E-state index >= 15 is 0 Å². The number of nitrogens with one attached hydrogen (secondary N) is 2. The second kappa shape index (κ2) is 9.81. The number of carbonyl (C=O) groups excluding carboxylic acids is 1. The van der Waals surface area contributed by atoms with Gasteiger partial charge in [-0.05, 0) is 63.3 Å². The second-order valence-corrected chi connectivity index (χ2v) is 7.97. The van der Waals surface area contributed by atoms with E-state index in [1.165, 1.54) is 12.1 Å². The summed E-state index contributed by atoms with van der Waals surface area (Å²) in [7, 11) is 1.98. The molecule has 5 heteroatoms. The summed E-state index contributed by atoms with van der Waals surface area (Å²) in [6, 6.07) is 0.491. The molecule has 0 aromatic rings. The molecule has 2 amide bonds. The molecule has 2 fully saturated rings. The first-order valence-electron chi connectivity index (χ1n) is 9.92. The van der Waals surface area contributed by atoms with Crippen LogP contribution in [-0.2, 0) is 0 Å². The minimum atomic E-state index is -0.0306. The van der Waals surface area contributed by atoms with Crippen molar-refractivity contribution in [1.29, 1.82) is 0 Å². The van der Waals surface area contributed by atoms with Crippen LogP contribution in [0, 0.1) is 11.8 Å². The van der Waals surface area contributed by atoms with Crippen molar-refractivity contribution in [3.8, 4) is 0 Å². The zero-order valence-corrected chi connectivity index (χ0v) is 16.9. The molecule has 5 nitrogen and oxygen atoms in total. The minimum absolute atomic E-state index is 0.0306. The van der Waals surface area contributed by atoms with Gasteiger partial charge in [-0.3, -0.25) is 0 Å². The second-order valence-electron chi connectivity index (χ2n) is 7.97. The van der Waals surface area contributed by atoms with Crippen molar-refractivity contribution < 1.29 is 4.79 Å². The number of likely N-dealkylation sites (tertiary alicyclic amines) is 2. The maximum Gasteiger partial charge on any atom is 0.321 e. The molecule has 0 spiro atoms. The molecule has 26 heavy (non-hydrogen) atoms. The molecule has 2 unspecified atom stereocenters. The van der Waals surface area contributed by atoms with Crippen LogP contribution in [0.4, 0.5) is 4.79 Å². The van der Waals surface area contributed by atoms with Gasteiger partial charge in [-0.25, -0.2) is 4.79 Å². The fraction of sp³-hybridized carbons (Fsp3) is 0.667. The van der Waals surface area contributed by atoms with Gasteiger partial charge in [-0.2, -0.15) is 0 Å². The van der Waals surface area contributed by atoms with E-state index in [4.69, 9.17) is 0 Å². The highest BCUT2D eigenvalue weighted by Crippen LogP contribution is 2.23. The van der Waals surface area contributed by atoms with Crippen LogP contribution in [0.2, 0.25) is 0 Å². The van der Waals surface area contributed by atoms with Gasteiger partial charge >= 0.3 is 6.03 Å². The van der Waals surface area contributed by atoms with Gasteiger partial charge in [0.25, 0.3) is 0 Å². The average molecular weight is 361 g/mol. The largest absolute Gasteiger partial charge is 0.375 e. The van der Waals surface area contributed by atoms with Gasteiger partial charge in [0.1, 0.15) is 0 Å². The lowest BCUT2D eigenvalue weighted by Crippen LogP contribution is -2.47. The number of hydrogen-bond donors (Lipinski definition) is 2. The van der Waals surface area contributed by atoms with E-state index in [-0.39, 0.29) is 6.03 Å². The molecule has 0 bridgehead atoms. The average Bonchev–Trinajstić information content (AvgIpc) is 2.63. The van der Waals surface area contributed by atoms with E-state index in [9.17, 15) is 4.79 Å². The topological polar surface area (TPSA) is 47.6 Å². The number of piperidine rings is 2. The van der Waals surface area contributed by atoms with Crippen LogP contribution in [0.3, 0.4) is 0 Å². The monoisotopic (exact) mass is 360 g/mol. The van der Waals surface area contributed by atoms with Crippen LogP contribution < -0.4 is 10.6 Å². The van der Waals surface area contributed by atoms with Crippen LogP contribution in [0.25, 0.3) is 0 Å². The SMILES string of the molecule is C=C/C(=C\C=C(/C)N1CC(C)CC(C)C1)NC(=O)N1CCC(NC)CC1.